The van der Waals surface area contributed by atoms with Crippen molar-refractivity contribution in [3.8, 4) is 5.75 Å². The van der Waals surface area contributed by atoms with E-state index in [1.807, 2.05) is 19.1 Å². The molecule has 3 rings (SSSR count). The van der Waals surface area contributed by atoms with Crippen LogP contribution in [0.5, 0.6) is 5.75 Å². The van der Waals surface area contributed by atoms with E-state index in [1.54, 1.807) is 13.1 Å². The largest absolute Gasteiger partial charge is 0.456 e. The molecule has 0 spiro atoms. The van der Waals surface area contributed by atoms with Crippen molar-refractivity contribution in [1.82, 2.24) is 10.3 Å². The number of fused-ring (bicyclic) bond motifs is 1. The quantitative estimate of drug-likeness (QED) is 0.643. The first-order chi connectivity index (χ1) is 12.6. The number of ether oxygens (including phenoxy) is 1. The first kappa shape index (κ1) is 18.1. The van der Waals surface area contributed by atoms with E-state index in [4.69, 9.17) is 4.74 Å². The number of para-hydroxylation sites is 1. The van der Waals surface area contributed by atoms with E-state index in [0.717, 1.165) is 48.3 Å². The van der Waals surface area contributed by atoms with Gasteiger partial charge in [-0.25, -0.2) is 4.39 Å². The van der Waals surface area contributed by atoms with Gasteiger partial charge in [0.2, 0.25) is 0 Å². The van der Waals surface area contributed by atoms with E-state index < -0.39 is 0 Å². The molecule has 2 aromatic rings. The number of aromatic nitrogens is 1. The predicted molar refractivity (Wildman–Crippen MR) is 105 cm³/mol. The Hall–Kier alpha value is -2.66. The molecule has 1 saturated heterocycles. The van der Waals surface area contributed by atoms with Gasteiger partial charge in [0.05, 0.1) is 11.2 Å². The summed E-state index contributed by atoms with van der Waals surface area (Å²) in [6.45, 7) is 11.1. The fraction of sp³-hybridized carbons (Fsp3) is 0.286. The van der Waals surface area contributed by atoms with E-state index in [2.05, 4.69) is 27.8 Å². The number of allylic oxidation sites excluding steroid dienone is 4. The van der Waals surface area contributed by atoms with Crippen molar-refractivity contribution in [2.45, 2.75) is 13.8 Å². The average molecular weight is 353 g/mol. The molecule has 26 heavy (non-hydrogen) atoms. The molecule has 0 amide bonds. The second-order valence-electron chi connectivity index (χ2n) is 6.21. The Kier molecular flexibility index (Phi) is 5.68. The van der Waals surface area contributed by atoms with Crippen molar-refractivity contribution in [1.29, 1.82) is 0 Å². The molecule has 2 heterocycles. The smallest absolute Gasteiger partial charge is 0.141 e. The van der Waals surface area contributed by atoms with Crippen molar-refractivity contribution in [3.63, 3.8) is 0 Å². The van der Waals surface area contributed by atoms with Gasteiger partial charge in [-0.2, -0.15) is 0 Å². The predicted octanol–water partition coefficient (Wildman–Crippen LogP) is 4.27. The van der Waals surface area contributed by atoms with Crippen LogP contribution in [0.1, 0.15) is 12.5 Å². The third kappa shape index (κ3) is 3.78. The van der Waals surface area contributed by atoms with Gasteiger partial charge < -0.3 is 15.0 Å². The average Bonchev–Trinajstić information content (AvgIpc) is 2.69. The van der Waals surface area contributed by atoms with E-state index in [-0.39, 0.29) is 5.83 Å². The van der Waals surface area contributed by atoms with Crippen LogP contribution in [0, 0.1) is 6.92 Å². The Balaban J connectivity index is 2.06. The molecular weight excluding hydrogens is 329 g/mol. The fourth-order valence-corrected chi connectivity index (χ4v) is 3.05. The number of nitrogens with one attached hydrogen (secondary N) is 1. The molecule has 136 valence electrons. The Morgan fingerprint density at radius 2 is 2.12 bits per heavy atom. The third-order valence-corrected chi connectivity index (χ3v) is 4.44. The maximum Gasteiger partial charge on any atom is 0.141 e. The Morgan fingerprint density at radius 3 is 2.81 bits per heavy atom. The van der Waals surface area contributed by atoms with E-state index >= 15 is 0 Å². The normalized spacial score (nSPS) is 16.0. The van der Waals surface area contributed by atoms with Gasteiger partial charge in [0.15, 0.2) is 0 Å². The molecule has 1 N–H and O–H groups in total. The number of nitrogens with zero attached hydrogens (tertiary/aromatic N) is 2. The zero-order chi connectivity index (χ0) is 18.5. The maximum atomic E-state index is 13.6. The monoisotopic (exact) mass is 353 g/mol. The van der Waals surface area contributed by atoms with Crippen LogP contribution < -0.4 is 15.0 Å². The lowest BCUT2D eigenvalue weighted by molar-refractivity contribution is 0.443. The molecule has 1 fully saturated rings. The van der Waals surface area contributed by atoms with Gasteiger partial charge in [-0.05, 0) is 32.1 Å². The van der Waals surface area contributed by atoms with Crippen LogP contribution >= 0.6 is 0 Å². The molecule has 1 aliphatic heterocycles. The van der Waals surface area contributed by atoms with Gasteiger partial charge in [-0.1, -0.05) is 18.7 Å². The van der Waals surface area contributed by atoms with Crippen LogP contribution in [0.15, 0.2) is 60.8 Å². The molecule has 0 unspecified atom stereocenters. The first-order valence-electron chi connectivity index (χ1n) is 8.82. The number of halogens is 1. The number of anilines is 1. The Labute approximate surface area is 153 Å². The number of hydrogen-bond donors (Lipinski definition) is 1. The van der Waals surface area contributed by atoms with Crippen LogP contribution in [0.2, 0.25) is 0 Å². The fourth-order valence-electron chi connectivity index (χ4n) is 3.05. The topological polar surface area (TPSA) is 37.4 Å². The summed E-state index contributed by atoms with van der Waals surface area (Å²) in [6, 6.07) is 6.09. The van der Waals surface area contributed by atoms with Gasteiger partial charge in [0, 0.05) is 49.4 Å². The zero-order valence-corrected chi connectivity index (χ0v) is 15.3. The van der Waals surface area contributed by atoms with Crippen molar-refractivity contribution >= 4 is 16.6 Å². The van der Waals surface area contributed by atoms with E-state index in [1.165, 1.54) is 18.2 Å². The molecule has 1 aromatic carbocycles. The second-order valence-corrected chi connectivity index (χ2v) is 6.21. The molecule has 0 radical (unpaired) electrons. The van der Waals surface area contributed by atoms with Crippen LogP contribution in [0.4, 0.5) is 10.1 Å². The van der Waals surface area contributed by atoms with Crippen molar-refractivity contribution < 1.29 is 9.13 Å². The molecular formula is C21H24FN3O. The summed E-state index contributed by atoms with van der Waals surface area (Å²) in [5, 5.41) is 4.28. The lowest BCUT2D eigenvalue weighted by Gasteiger charge is -2.30. The molecule has 1 aromatic heterocycles. The number of piperazine rings is 1. The summed E-state index contributed by atoms with van der Waals surface area (Å²) in [7, 11) is 0. The number of hydrogen-bond acceptors (Lipinski definition) is 4. The molecule has 5 heteroatoms. The summed E-state index contributed by atoms with van der Waals surface area (Å²) in [6.07, 6.45) is 6.02. The lowest BCUT2D eigenvalue weighted by atomic mass is 10.1. The SMILES string of the molecule is C=CC(=CC(F)=CC)Oc1c(C)cnc2c(N3CCNCC3)cccc12. The molecule has 4 nitrogen and oxygen atoms in total. The number of pyridine rings is 1. The van der Waals surface area contributed by atoms with Crippen LogP contribution in [-0.4, -0.2) is 31.2 Å². The molecule has 1 aliphatic rings. The van der Waals surface area contributed by atoms with Gasteiger partial charge in [0.25, 0.3) is 0 Å². The number of benzene rings is 1. The molecule has 0 saturated carbocycles. The summed E-state index contributed by atoms with van der Waals surface area (Å²) >= 11 is 0. The summed E-state index contributed by atoms with van der Waals surface area (Å²) in [5.41, 5.74) is 2.88. The van der Waals surface area contributed by atoms with Crippen molar-refractivity contribution in [2.75, 3.05) is 31.1 Å². The summed E-state index contributed by atoms with van der Waals surface area (Å²) in [5.74, 6) is 0.684. The standard InChI is InChI=1S/C21H24FN3O/c1-4-16(22)13-17(5-2)26-21-15(3)14-24-20-18(21)7-6-8-19(20)25-11-9-23-10-12-25/h4-8,13-14,23H,2,9-12H2,1,3H3. The molecule has 0 bridgehead atoms. The minimum Gasteiger partial charge on any atom is -0.456 e. The van der Waals surface area contributed by atoms with Gasteiger partial charge in [0.1, 0.15) is 17.3 Å². The minimum absolute atomic E-state index is 0.363. The van der Waals surface area contributed by atoms with Gasteiger partial charge in [-0.3, -0.25) is 4.98 Å². The highest BCUT2D eigenvalue weighted by Crippen LogP contribution is 2.34. The highest BCUT2D eigenvalue weighted by Gasteiger charge is 2.17. The van der Waals surface area contributed by atoms with E-state index in [9.17, 15) is 4.39 Å². The van der Waals surface area contributed by atoms with Crippen LogP contribution in [0.3, 0.4) is 0 Å². The minimum atomic E-state index is -0.363. The zero-order valence-electron chi connectivity index (χ0n) is 15.3. The second kappa shape index (κ2) is 8.15. The van der Waals surface area contributed by atoms with Crippen molar-refractivity contribution in [3.05, 3.63) is 66.4 Å². The maximum absolute atomic E-state index is 13.6. The molecule has 0 aliphatic carbocycles. The Morgan fingerprint density at radius 1 is 1.35 bits per heavy atom. The van der Waals surface area contributed by atoms with E-state index in [0.29, 0.717) is 11.5 Å². The lowest BCUT2D eigenvalue weighted by Crippen LogP contribution is -2.43. The summed E-state index contributed by atoms with van der Waals surface area (Å²) in [4.78, 5) is 6.98. The van der Waals surface area contributed by atoms with Gasteiger partial charge in [-0.15, -0.1) is 0 Å². The first-order valence-corrected chi connectivity index (χ1v) is 8.82. The van der Waals surface area contributed by atoms with Gasteiger partial charge >= 0.3 is 0 Å². The van der Waals surface area contributed by atoms with Crippen molar-refractivity contribution in [2.24, 2.45) is 0 Å². The third-order valence-electron chi connectivity index (χ3n) is 4.44. The van der Waals surface area contributed by atoms with Crippen LogP contribution in [-0.2, 0) is 0 Å². The number of aryl methyl sites for hydroxylation is 1. The highest BCUT2D eigenvalue weighted by atomic mass is 19.1. The number of rotatable bonds is 5. The van der Waals surface area contributed by atoms with Crippen LogP contribution in [0.25, 0.3) is 10.9 Å². The highest BCUT2D eigenvalue weighted by molar-refractivity contribution is 5.95. The molecule has 0 atom stereocenters. The Bertz CT molecular complexity index is 867. The summed E-state index contributed by atoms with van der Waals surface area (Å²) < 4.78 is 19.6.